The highest BCUT2D eigenvalue weighted by Gasteiger charge is 2.41. The second kappa shape index (κ2) is 18.1. The Morgan fingerprint density at radius 3 is 2.11 bits per heavy atom. The lowest BCUT2D eigenvalue weighted by molar-refractivity contribution is -0.145. The molecule has 0 spiro atoms. The summed E-state index contributed by atoms with van der Waals surface area (Å²) in [5.74, 6) is -5.08. The topological polar surface area (TPSA) is 189 Å². The zero-order chi connectivity index (χ0) is 34.5. The molecular weight excluding hydrogens is 586 g/mol. The third kappa shape index (κ3) is 12.9. The molecule has 4 N–H and O–H groups in total. The number of ketones is 1. The van der Waals surface area contributed by atoms with Crippen LogP contribution in [0, 0.1) is 11.8 Å². The molecule has 0 bridgehead atoms. The summed E-state index contributed by atoms with van der Waals surface area (Å²) in [5, 5.41) is 10.1. The predicted octanol–water partition coefficient (Wildman–Crippen LogP) is 1.37. The minimum Gasteiger partial charge on any atom is -0.460 e. The van der Waals surface area contributed by atoms with Crippen molar-refractivity contribution >= 4 is 41.5 Å². The van der Waals surface area contributed by atoms with Crippen molar-refractivity contribution in [2.24, 2.45) is 11.8 Å². The van der Waals surface area contributed by atoms with E-state index in [1.807, 2.05) is 0 Å². The summed E-state index contributed by atoms with van der Waals surface area (Å²) in [6, 6.07) is -4.09. The van der Waals surface area contributed by atoms with E-state index in [0.29, 0.717) is 19.3 Å². The summed E-state index contributed by atoms with van der Waals surface area (Å²) in [6.07, 6.45) is 2.05. The van der Waals surface area contributed by atoms with Gasteiger partial charge in [0.25, 0.3) is 5.91 Å². The maximum atomic E-state index is 13.8. The monoisotopic (exact) mass is 637 g/mol. The summed E-state index contributed by atoms with van der Waals surface area (Å²) in [4.78, 5) is 91.1. The molecule has 5 amide bonds. The highest BCUT2D eigenvalue weighted by Crippen LogP contribution is 2.21. The Labute approximate surface area is 265 Å². The average molecular weight is 638 g/mol. The molecule has 1 rings (SSSR count). The fourth-order valence-electron chi connectivity index (χ4n) is 4.63. The number of carbonyl (C=O) groups excluding carboxylic acids is 7. The summed E-state index contributed by atoms with van der Waals surface area (Å²) in [7, 11) is 0. The van der Waals surface area contributed by atoms with Gasteiger partial charge < -0.3 is 35.6 Å². The predicted molar refractivity (Wildman–Crippen MR) is 166 cm³/mol. The first-order valence-electron chi connectivity index (χ1n) is 15.4. The number of nitrogens with one attached hydrogen (secondary N) is 4. The fourth-order valence-corrected chi connectivity index (χ4v) is 4.63. The number of Topliss-reactive ketones (excluding diaryl/α,β-unsaturated/α-hetero) is 1. The van der Waals surface area contributed by atoms with E-state index in [2.05, 4.69) is 27.8 Å². The van der Waals surface area contributed by atoms with Gasteiger partial charge in [-0.3, -0.25) is 28.8 Å². The van der Waals surface area contributed by atoms with Gasteiger partial charge in [0.1, 0.15) is 36.9 Å². The number of hydrogen-bond acceptors (Lipinski definition) is 9. The highest BCUT2D eigenvalue weighted by molar-refractivity contribution is 6.38. The SMILES string of the molecule is C=CCOC(=O)CNC(=O)C(=O)C(CCC)NC(=O)[C@@H]1CCCN1C(=O)[C@@H](NC(=O)[C@@H](NC(=O)OC(C)(C)C)C(C)C)C(C)C. The zero-order valence-electron chi connectivity index (χ0n) is 27.8. The van der Waals surface area contributed by atoms with Gasteiger partial charge in [-0.05, 0) is 51.9 Å². The summed E-state index contributed by atoms with van der Waals surface area (Å²) < 4.78 is 10.1. The van der Waals surface area contributed by atoms with Crippen molar-refractivity contribution in [2.45, 2.75) is 111 Å². The Balaban J connectivity index is 3.01. The summed E-state index contributed by atoms with van der Waals surface area (Å²) >= 11 is 0. The van der Waals surface area contributed by atoms with Crippen molar-refractivity contribution in [3.05, 3.63) is 12.7 Å². The first kappa shape index (κ1) is 39.1. The van der Waals surface area contributed by atoms with Crippen LogP contribution in [0.1, 0.15) is 81.1 Å². The van der Waals surface area contributed by atoms with Crippen LogP contribution in [-0.2, 0) is 38.2 Å². The van der Waals surface area contributed by atoms with E-state index >= 15 is 0 Å². The number of amides is 5. The number of hydrogen-bond donors (Lipinski definition) is 4. The van der Waals surface area contributed by atoms with Crippen molar-refractivity contribution in [1.82, 2.24) is 26.2 Å². The first-order chi connectivity index (χ1) is 20.9. The van der Waals surface area contributed by atoms with Crippen LogP contribution in [0.5, 0.6) is 0 Å². The van der Waals surface area contributed by atoms with Crippen LogP contribution in [-0.4, -0.2) is 95.8 Å². The molecule has 0 aromatic carbocycles. The van der Waals surface area contributed by atoms with Crippen molar-refractivity contribution in [2.75, 3.05) is 19.7 Å². The molecule has 0 saturated carbocycles. The molecule has 45 heavy (non-hydrogen) atoms. The number of alkyl carbamates (subject to hydrolysis) is 1. The van der Waals surface area contributed by atoms with Gasteiger partial charge >= 0.3 is 12.1 Å². The summed E-state index contributed by atoms with van der Waals surface area (Å²) in [6.45, 7) is 17.0. The molecule has 1 heterocycles. The molecule has 1 unspecified atom stereocenters. The van der Waals surface area contributed by atoms with E-state index < -0.39 is 77.8 Å². The van der Waals surface area contributed by atoms with Crippen LogP contribution in [0.15, 0.2) is 12.7 Å². The molecular formula is C31H51N5O9. The number of carbonyl (C=O) groups is 7. The molecule has 1 aliphatic rings. The van der Waals surface area contributed by atoms with Gasteiger partial charge in [-0.2, -0.15) is 0 Å². The molecule has 1 saturated heterocycles. The van der Waals surface area contributed by atoms with Gasteiger partial charge in [-0.15, -0.1) is 0 Å². The third-order valence-electron chi connectivity index (χ3n) is 6.88. The number of esters is 1. The lowest BCUT2D eigenvalue weighted by Crippen LogP contribution is -2.60. The standard InChI is InChI=1S/C31H51N5O9/c1-10-13-20(25(38)28(41)32-17-22(37)44-16-11-2)33-26(39)21-14-12-15-36(21)29(42)24(19(5)6)34-27(40)23(18(3)4)35-30(43)45-31(7,8)9/h11,18-21,23-24H,2,10,12-17H2,1,3-9H3,(H,32,41)(H,33,39)(H,34,40)(H,35,43)/t20?,21-,23-,24-/m0/s1. The smallest absolute Gasteiger partial charge is 0.408 e. The van der Waals surface area contributed by atoms with Crippen molar-refractivity contribution in [3.63, 3.8) is 0 Å². The average Bonchev–Trinajstić information content (AvgIpc) is 3.44. The van der Waals surface area contributed by atoms with Crippen LogP contribution < -0.4 is 21.3 Å². The number of nitrogens with zero attached hydrogens (tertiary/aromatic N) is 1. The van der Waals surface area contributed by atoms with Crippen LogP contribution in [0.25, 0.3) is 0 Å². The molecule has 0 aromatic heterocycles. The van der Waals surface area contributed by atoms with E-state index in [-0.39, 0.29) is 31.4 Å². The fraction of sp³-hybridized carbons (Fsp3) is 0.710. The van der Waals surface area contributed by atoms with Gasteiger partial charge in [0.05, 0.1) is 6.04 Å². The minimum absolute atomic E-state index is 0.0452. The van der Waals surface area contributed by atoms with E-state index in [9.17, 15) is 33.6 Å². The van der Waals surface area contributed by atoms with Gasteiger partial charge in [0.2, 0.25) is 23.5 Å². The minimum atomic E-state index is -1.17. The molecule has 14 heteroatoms. The maximum absolute atomic E-state index is 13.8. The molecule has 0 aromatic rings. The second-order valence-corrected chi connectivity index (χ2v) is 12.7. The van der Waals surface area contributed by atoms with Gasteiger partial charge in [0.15, 0.2) is 0 Å². The maximum Gasteiger partial charge on any atom is 0.408 e. The molecule has 0 radical (unpaired) electrons. The lowest BCUT2D eigenvalue weighted by atomic mass is 9.99. The molecule has 14 nitrogen and oxygen atoms in total. The van der Waals surface area contributed by atoms with Crippen molar-refractivity contribution < 1.29 is 43.0 Å². The van der Waals surface area contributed by atoms with Crippen LogP contribution in [0.4, 0.5) is 4.79 Å². The van der Waals surface area contributed by atoms with Crippen LogP contribution in [0.3, 0.4) is 0 Å². The quantitative estimate of drug-likeness (QED) is 0.110. The van der Waals surface area contributed by atoms with Gasteiger partial charge in [-0.25, -0.2) is 4.79 Å². The van der Waals surface area contributed by atoms with Crippen molar-refractivity contribution in [1.29, 1.82) is 0 Å². The Kier molecular flexibility index (Phi) is 15.7. The van der Waals surface area contributed by atoms with E-state index in [1.165, 1.54) is 11.0 Å². The van der Waals surface area contributed by atoms with E-state index in [1.54, 1.807) is 55.4 Å². The molecule has 0 aliphatic carbocycles. The largest absolute Gasteiger partial charge is 0.460 e. The zero-order valence-corrected chi connectivity index (χ0v) is 27.8. The number of ether oxygens (including phenoxy) is 2. The van der Waals surface area contributed by atoms with E-state index in [4.69, 9.17) is 9.47 Å². The molecule has 4 atom stereocenters. The molecule has 254 valence electrons. The van der Waals surface area contributed by atoms with Gasteiger partial charge in [-0.1, -0.05) is 53.7 Å². The lowest BCUT2D eigenvalue weighted by Gasteiger charge is -2.32. The third-order valence-corrected chi connectivity index (χ3v) is 6.88. The number of likely N-dealkylation sites (tertiary alicyclic amines) is 1. The number of rotatable bonds is 16. The van der Waals surface area contributed by atoms with Crippen LogP contribution in [0.2, 0.25) is 0 Å². The van der Waals surface area contributed by atoms with E-state index in [0.717, 1.165) is 0 Å². The summed E-state index contributed by atoms with van der Waals surface area (Å²) in [5.41, 5.74) is -0.770. The van der Waals surface area contributed by atoms with Gasteiger partial charge in [0, 0.05) is 6.54 Å². The van der Waals surface area contributed by atoms with Crippen LogP contribution >= 0.6 is 0 Å². The highest BCUT2D eigenvalue weighted by atomic mass is 16.6. The Hall–Kier alpha value is -3.97. The normalized spacial score (nSPS) is 16.7. The second-order valence-electron chi connectivity index (χ2n) is 12.7. The first-order valence-corrected chi connectivity index (χ1v) is 15.4. The Morgan fingerprint density at radius 1 is 0.956 bits per heavy atom. The Morgan fingerprint density at radius 2 is 1.58 bits per heavy atom. The Bertz CT molecular complexity index is 1100. The molecule has 1 aliphatic heterocycles. The van der Waals surface area contributed by atoms with Crippen molar-refractivity contribution in [3.8, 4) is 0 Å². The molecule has 1 fully saturated rings.